The Kier molecular flexibility index (Phi) is 4.23. The molecule has 1 aromatic rings. The number of hydrogen-bond donors (Lipinski definition) is 1. The van der Waals surface area contributed by atoms with E-state index in [1.54, 1.807) is 19.1 Å². The minimum absolute atomic E-state index is 0.165. The van der Waals surface area contributed by atoms with Gasteiger partial charge in [-0.3, -0.25) is 4.79 Å². The lowest BCUT2D eigenvalue weighted by molar-refractivity contribution is -0.120. The lowest BCUT2D eigenvalue weighted by atomic mass is 10.2. The Labute approximate surface area is 93.2 Å². The quantitative estimate of drug-likeness (QED) is 0.797. The molecule has 0 spiro atoms. The van der Waals surface area contributed by atoms with Gasteiger partial charge in [0.1, 0.15) is 5.38 Å². The van der Waals surface area contributed by atoms with Crippen LogP contribution in [0.5, 0.6) is 0 Å². The van der Waals surface area contributed by atoms with Crippen molar-refractivity contribution in [3.05, 3.63) is 34.9 Å². The van der Waals surface area contributed by atoms with E-state index in [1.807, 2.05) is 12.1 Å². The van der Waals surface area contributed by atoms with E-state index >= 15 is 0 Å². The molecule has 0 aromatic heterocycles. The lowest BCUT2D eigenvalue weighted by Crippen LogP contribution is -2.28. The Morgan fingerprint density at radius 1 is 1.43 bits per heavy atom. The minimum Gasteiger partial charge on any atom is -0.351 e. The van der Waals surface area contributed by atoms with E-state index in [2.05, 4.69) is 5.32 Å². The largest absolute Gasteiger partial charge is 0.351 e. The highest BCUT2D eigenvalue weighted by molar-refractivity contribution is 6.30. The summed E-state index contributed by atoms with van der Waals surface area (Å²) in [6, 6.07) is 7.30. The Balaban J connectivity index is 2.46. The SMILES string of the molecule is C[C@@H](Cl)C(=O)NCc1ccc(Cl)cc1. The number of rotatable bonds is 3. The van der Waals surface area contributed by atoms with Crippen molar-refractivity contribution in [1.82, 2.24) is 5.32 Å². The number of halogens is 2. The second kappa shape index (κ2) is 5.23. The molecular weight excluding hydrogens is 221 g/mol. The molecule has 0 radical (unpaired) electrons. The predicted octanol–water partition coefficient (Wildman–Crippen LogP) is 2.58. The molecule has 2 nitrogen and oxygen atoms in total. The van der Waals surface area contributed by atoms with E-state index in [1.165, 1.54) is 0 Å². The topological polar surface area (TPSA) is 29.1 Å². The molecule has 0 saturated heterocycles. The van der Waals surface area contributed by atoms with Crippen LogP contribution in [-0.4, -0.2) is 11.3 Å². The second-order valence-electron chi connectivity index (χ2n) is 2.96. The Bertz CT molecular complexity index is 308. The van der Waals surface area contributed by atoms with Crippen LogP contribution in [0.2, 0.25) is 5.02 Å². The van der Waals surface area contributed by atoms with E-state index in [0.717, 1.165) is 5.56 Å². The number of amides is 1. The van der Waals surface area contributed by atoms with Gasteiger partial charge >= 0.3 is 0 Å². The van der Waals surface area contributed by atoms with Gasteiger partial charge in [-0.1, -0.05) is 23.7 Å². The van der Waals surface area contributed by atoms with Crippen molar-refractivity contribution < 1.29 is 4.79 Å². The van der Waals surface area contributed by atoms with E-state index < -0.39 is 5.38 Å². The summed E-state index contributed by atoms with van der Waals surface area (Å²) < 4.78 is 0. The minimum atomic E-state index is -0.498. The fourth-order valence-corrected chi connectivity index (χ4v) is 1.14. The van der Waals surface area contributed by atoms with Gasteiger partial charge in [0.15, 0.2) is 0 Å². The highest BCUT2D eigenvalue weighted by Gasteiger charge is 2.07. The third kappa shape index (κ3) is 3.56. The summed E-state index contributed by atoms with van der Waals surface area (Å²) in [5.41, 5.74) is 1.00. The molecule has 1 rings (SSSR count). The third-order valence-corrected chi connectivity index (χ3v) is 2.19. The Hall–Kier alpha value is -0.730. The lowest BCUT2D eigenvalue weighted by Gasteiger charge is -2.06. The first-order valence-electron chi connectivity index (χ1n) is 4.26. The standard InChI is InChI=1S/C10H11Cl2NO/c1-7(11)10(14)13-6-8-2-4-9(12)5-3-8/h2-5,7H,6H2,1H3,(H,13,14)/t7-/m1/s1. The molecule has 0 heterocycles. The van der Waals surface area contributed by atoms with Crippen molar-refractivity contribution in [2.45, 2.75) is 18.8 Å². The smallest absolute Gasteiger partial charge is 0.238 e. The Morgan fingerprint density at radius 3 is 2.50 bits per heavy atom. The zero-order chi connectivity index (χ0) is 10.6. The second-order valence-corrected chi connectivity index (χ2v) is 4.05. The van der Waals surface area contributed by atoms with Crippen molar-refractivity contribution in [3.8, 4) is 0 Å². The molecule has 0 saturated carbocycles. The van der Waals surface area contributed by atoms with Gasteiger partial charge in [-0.2, -0.15) is 0 Å². The molecule has 0 unspecified atom stereocenters. The highest BCUT2D eigenvalue weighted by atomic mass is 35.5. The van der Waals surface area contributed by atoms with Gasteiger partial charge in [0.2, 0.25) is 5.91 Å². The van der Waals surface area contributed by atoms with E-state index in [-0.39, 0.29) is 5.91 Å². The maximum absolute atomic E-state index is 11.1. The summed E-state index contributed by atoms with van der Waals surface area (Å²) in [5, 5.41) is 2.89. The van der Waals surface area contributed by atoms with Crippen LogP contribution in [0.15, 0.2) is 24.3 Å². The third-order valence-electron chi connectivity index (χ3n) is 1.74. The maximum atomic E-state index is 11.1. The molecule has 0 bridgehead atoms. The molecule has 1 N–H and O–H groups in total. The fraction of sp³-hybridized carbons (Fsp3) is 0.300. The monoisotopic (exact) mass is 231 g/mol. The number of carbonyl (C=O) groups excluding carboxylic acids is 1. The zero-order valence-electron chi connectivity index (χ0n) is 7.76. The average molecular weight is 232 g/mol. The zero-order valence-corrected chi connectivity index (χ0v) is 9.27. The van der Waals surface area contributed by atoms with Crippen LogP contribution in [0.3, 0.4) is 0 Å². The maximum Gasteiger partial charge on any atom is 0.238 e. The van der Waals surface area contributed by atoms with Gasteiger partial charge in [-0.05, 0) is 24.6 Å². The number of nitrogens with one attached hydrogen (secondary N) is 1. The molecule has 1 amide bonds. The van der Waals surface area contributed by atoms with Crippen molar-refractivity contribution in [3.63, 3.8) is 0 Å². The number of carbonyl (C=O) groups is 1. The fourth-order valence-electron chi connectivity index (χ4n) is 0.932. The van der Waals surface area contributed by atoms with Crippen LogP contribution in [-0.2, 0) is 11.3 Å². The van der Waals surface area contributed by atoms with Gasteiger partial charge in [-0.15, -0.1) is 11.6 Å². The van der Waals surface area contributed by atoms with Crippen LogP contribution in [0.1, 0.15) is 12.5 Å². The molecule has 14 heavy (non-hydrogen) atoms. The van der Waals surface area contributed by atoms with E-state index in [0.29, 0.717) is 11.6 Å². The molecule has 0 aliphatic heterocycles. The van der Waals surface area contributed by atoms with Crippen LogP contribution in [0.4, 0.5) is 0 Å². The molecule has 0 aliphatic rings. The van der Waals surface area contributed by atoms with Gasteiger partial charge in [0.05, 0.1) is 0 Å². The first kappa shape index (κ1) is 11.3. The van der Waals surface area contributed by atoms with Crippen molar-refractivity contribution in [1.29, 1.82) is 0 Å². The summed E-state index contributed by atoms with van der Waals surface area (Å²) in [6.07, 6.45) is 0. The summed E-state index contributed by atoms with van der Waals surface area (Å²) >= 11 is 11.3. The molecule has 0 fully saturated rings. The first-order chi connectivity index (χ1) is 6.59. The number of alkyl halides is 1. The van der Waals surface area contributed by atoms with Gasteiger partial charge in [0, 0.05) is 11.6 Å². The first-order valence-corrected chi connectivity index (χ1v) is 5.07. The molecule has 1 atom stereocenters. The summed E-state index contributed by atoms with van der Waals surface area (Å²) in [6.45, 7) is 2.12. The predicted molar refractivity (Wildman–Crippen MR) is 58.6 cm³/mol. The summed E-state index contributed by atoms with van der Waals surface area (Å²) in [5.74, 6) is -0.165. The summed E-state index contributed by atoms with van der Waals surface area (Å²) in [7, 11) is 0. The average Bonchev–Trinajstić information content (AvgIpc) is 2.16. The van der Waals surface area contributed by atoms with Gasteiger partial charge in [-0.25, -0.2) is 0 Å². The molecule has 1 aromatic carbocycles. The van der Waals surface area contributed by atoms with Crippen molar-refractivity contribution in [2.75, 3.05) is 0 Å². The summed E-state index contributed by atoms with van der Waals surface area (Å²) in [4.78, 5) is 11.1. The van der Waals surface area contributed by atoms with Crippen LogP contribution >= 0.6 is 23.2 Å². The van der Waals surface area contributed by atoms with Crippen LogP contribution < -0.4 is 5.32 Å². The van der Waals surface area contributed by atoms with Crippen LogP contribution in [0, 0.1) is 0 Å². The van der Waals surface area contributed by atoms with Gasteiger partial charge < -0.3 is 5.32 Å². The van der Waals surface area contributed by atoms with Gasteiger partial charge in [0.25, 0.3) is 0 Å². The number of benzene rings is 1. The van der Waals surface area contributed by atoms with Crippen LogP contribution in [0.25, 0.3) is 0 Å². The highest BCUT2D eigenvalue weighted by Crippen LogP contribution is 2.09. The number of hydrogen-bond acceptors (Lipinski definition) is 1. The van der Waals surface area contributed by atoms with Crippen molar-refractivity contribution in [2.24, 2.45) is 0 Å². The van der Waals surface area contributed by atoms with Crippen molar-refractivity contribution >= 4 is 29.1 Å². The molecule has 4 heteroatoms. The molecular formula is C10H11Cl2NO. The Morgan fingerprint density at radius 2 is 2.00 bits per heavy atom. The molecule has 0 aliphatic carbocycles. The van der Waals surface area contributed by atoms with E-state index in [9.17, 15) is 4.79 Å². The molecule has 76 valence electrons. The van der Waals surface area contributed by atoms with E-state index in [4.69, 9.17) is 23.2 Å². The normalized spacial score (nSPS) is 12.2.